The summed E-state index contributed by atoms with van der Waals surface area (Å²) >= 11 is 0. The van der Waals surface area contributed by atoms with Crippen LogP contribution in [0.4, 0.5) is 0 Å². The van der Waals surface area contributed by atoms with E-state index in [-0.39, 0.29) is 16.9 Å². The zero-order chi connectivity index (χ0) is 14.0. The lowest BCUT2D eigenvalue weighted by Crippen LogP contribution is -2.60. The predicted octanol–water partition coefficient (Wildman–Crippen LogP) is 1.13. The minimum Gasteiger partial charge on any atom is -0.311 e. The average Bonchev–Trinajstić information content (AvgIpc) is 2.26. The molecule has 1 saturated heterocycles. The summed E-state index contributed by atoms with van der Waals surface area (Å²) in [4.78, 5) is 2.31. The van der Waals surface area contributed by atoms with Crippen molar-refractivity contribution in [3.63, 3.8) is 0 Å². The number of rotatable bonds is 4. The summed E-state index contributed by atoms with van der Waals surface area (Å²) in [7, 11) is -2.86. The molecular weight excluding hydrogens is 248 g/mol. The molecule has 0 aromatic heterocycles. The molecule has 0 aromatic rings. The molecule has 0 bridgehead atoms. The van der Waals surface area contributed by atoms with Crippen LogP contribution in [0.1, 0.15) is 34.6 Å². The molecule has 0 aliphatic carbocycles. The molecular formula is C13H28N2O2S. The molecule has 0 spiro atoms. The highest BCUT2D eigenvalue weighted by Crippen LogP contribution is 2.23. The van der Waals surface area contributed by atoms with Gasteiger partial charge in [-0.1, -0.05) is 27.7 Å². The van der Waals surface area contributed by atoms with E-state index in [4.69, 9.17) is 0 Å². The van der Waals surface area contributed by atoms with Crippen LogP contribution in [0.5, 0.6) is 0 Å². The third kappa shape index (κ3) is 4.52. The zero-order valence-electron chi connectivity index (χ0n) is 12.4. The van der Waals surface area contributed by atoms with Crippen LogP contribution in [0.25, 0.3) is 0 Å². The molecule has 1 N–H and O–H groups in total. The second-order valence-electron chi connectivity index (χ2n) is 6.41. The van der Waals surface area contributed by atoms with Gasteiger partial charge in [0.1, 0.15) is 0 Å². The molecule has 0 radical (unpaired) electrons. The van der Waals surface area contributed by atoms with Crippen molar-refractivity contribution in [2.45, 2.75) is 46.7 Å². The highest BCUT2D eigenvalue weighted by molar-refractivity contribution is 7.91. The zero-order valence-corrected chi connectivity index (χ0v) is 13.2. The van der Waals surface area contributed by atoms with Crippen LogP contribution in [-0.2, 0) is 9.84 Å². The van der Waals surface area contributed by atoms with E-state index in [1.54, 1.807) is 6.92 Å². The van der Waals surface area contributed by atoms with Crippen molar-refractivity contribution in [3.05, 3.63) is 0 Å². The predicted molar refractivity (Wildman–Crippen MR) is 76.6 cm³/mol. The van der Waals surface area contributed by atoms with Crippen LogP contribution in [0.2, 0.25) is 0 Å². The van der Waals surface area contributed by atoms with Gasteiger partial charge in [-0.2, -0.15) is 0 Å². The van der Waals surface area contributed by atoms with Crippen molar-refractivity contribution in [1.29, 1.82) is 0 Å². The first-order chi connectivity index (χ1) is 8.15. The summed E-state index contributed by atoms with van der Waals surface area (Å²) in [5.74, 6) is 0.529. The maximum atomic E-state index is 11.6. The van der Waals surface area contributed by atoms with E-state index in [0.29, 0.717) is 18.6 Å². The largest absolute Gasteiger partial charge is 0.311 e. The van der Waals surface area contributed by atoms with E-state index in [9.17, 15) is 8.42 Å². The van der Waals surface area contributed by atoms with E-state index in [0.717, 1.165) is 13.1 Å². The molecule has 0 saturated carbocycles. The molecule has 2 atom stereocenters. The maximum absolute atomic E-state index is 11.6. The molecule has 1 rings (SSSR count). The normalized spacial score (nSPS) is 27.4. The molecule has 1 aliphatic rings. The van der Waals surface area contributed by atoms with Gasteiger partial charge in [-0.15, -0.1) is 0 Å². The summed E-state index contributed by atoms with van der Waals surface area (Å²) < 4.78 is 23.2. The molecule has 18 heavy (non-hydrogen) atoms. The lowest BCUT2D eigenvalue weighted by Gasteiger charge is -2.44. The second-order valence-corrected chi connectivity index (χ2v) is 8.88. The lowest BCUT2D eigenvalue weighted by atomic mass is 9.85. The van der Waals surface area contributed by atoms with Crippen LogP contribution in [0.3, 0.4) is 0 Å². The van der Waals surface area contributed by atoms with Gasteiger partial charge in [0.25, 0.3) is 0 Å². The highest BCUT2D eigenvalue weighted by Gasteiger charge is 2.32. The van der Waals surface area contributed by atoms with Crippen molar-refractivity contribution in [2.24, 2.45) is 5.41 Å². The molecule has 0 aromatic carbocycles. The fraction of sp³-hybridized carbons (Fsp3) is 1.00. The van der Waals surface area contributed by atoms with Crippen LogP contribution < -0.4 is 5.32 Å². The Morgan fingerprint density at radius 2 is 1.94 bits per heavy atom. The summed E-state index contributed by atoms with van der Waals surface area (Å²) in [5, 5.41) is 3.56. The minimum absolute atomic E-state index is 0.210. The number of sulfone groups is 1. The van der Waals surface area contributed by atoms with E-state index in [1.807, 2.05) is 0 Å². The first-order valence-electron chi connectivity index (χ1n) is 6.83. The third-order valence-corrected chi connectivity index (χ3v) is 5.56. The number of hydrogen-bond donors (Lipinski definition) is 1. The van der Waals surface area contributed by atoms with Gasteiger partial charge >= 0.3 is 0 Å². The van der Waals surface area contributed by atoms with Gasteiger partial charge in [-0.25, -0.2) is 8.42 Å². The fourth-order valence-electron chi connectivity index (χ4n) is 2.21. The van der Waals surface area contributed by atoms with Crippen molar-refractivity contribution < 1.29 is 8.42 Å². The van der Waals surface area contributed by atoms with Gasteiger partial charge < -0.3 is 5.32 Å². The Bertz CT molecular complexity index is 360. The first-order valence-corrected chi connectivity index (χ1v) is 8.65. The Labute approximate surface area is 112 Å². The molecule has 0 amide bonds. The molecule has 2 unspecified atom stereocenters. The second kappa shape index (κ2) is 5.88. The highest BCUT2D eigenvalue weighted by atomic mass is 32.2. The SMILES string of the molecule is CCS(=O)(=O)CCN1CC(C(C)(C)C)NCC1C. The molecule has 1 aliphatic heterocycles. The minimum atomic E-state index is -2.86. The van der Waals surface area contributed by atoms with Crippen LogP contribution in [0, 0.1) is 5.41 Å². The van der Waals surface area contributed by atoms with E-state index in [1.165, 1.54) is 0 Å². The number of hydrogen-bond acceptors (Lipinski definition) is 4. The molecule has 5 heteroatoms. The van der Waals surface area contributed by atoms with E-state index < -0.39 is 9.84 Å². The average molecular weight is 276 g/mol. The fourth-order valence-corrected chi connectivity index (χ4v) is 3.01. The quantitative estimate of drug-likeness (QED) is 0.836. The van der Waals surface area contributed by atoms with Crippen LogP contribution in [0.15, 0.2) is 0 Å². The lowest BCUT2D eigenvalue weighted by molar-refractivity contribution is 0.0993. The Balaban J connectivity index is 2.58. The Morgan fingerprint density at radius 1 is 1.33 bits per heavy atom. The number of piperazine rings is 1. The summed E-state index contributed by atoms with van der Waals surface area (Å²) in [6, 6.07) is 0.841. The first kappa shape index (κ1) is 15.9. The van der Waals surface area contributed by atoms with Gasteiger partial charge in [0, 0.05) is 37.5 Å². The van der Waals surface area contributed by atoms with E-state index >= 15 is 0 Å². The topological polar surface area (TPSA) is 49.4 Å². The summed E-state index contributed by atoms with van der Waals surface area (Å²) in [6.07, 6.45) is 0. The summed E-state index contributed by atoms with van der Waals surface area (Å²) in [5.41, 5.74) is 0.210. The van der Waals surface area contributed by atoms with Crippen molar-refractivity contribution in [3.8, 4) is 0 Å². The monoisotopic (exact) mass is 276 g/mol. The smallest absolute Gasteiger partial charge is 0.151 e. The van der Waals surface area contributed by atoms with Crippen molar-refractivity contribution in [2.75, 3.05) is 31.1 Å². The van der Waals surface area contributed by atoms with Gasteiger partial charge in [0.15, 0.2) is 9.84 Å². The standard InChI is InChI=1S/C13H28N2O2S/c1-6-18(16,17)8-7-15-10-12(13(3,4)5)14-9-11(15)2/h11-12,14H,6-10H2,1-5H3. The van der Waals surface area contributed by atoms with Gasteiger partial charge in [-0.05, 0) is 12.3 Å². The summed E-state index contributed by atoms with van der Waals surface area (Å²) in [6.45, 7) is 13.1. The van der Waals surface area contributed by atoms with Crippen molar-refractivity contribution in [1.82, 2.24) is 10.2 Å². The maximum Gasteiger partial charge on any atom is 0.151 e. The van der Waals surface area contributed by atoms with Gasteiger partial charge in [0.2, 0.25) is 0 Å². The Morgan fingerprint density at radius 3 is 2.44 bits per heavy atom. The number of nitrogens with one attached hydrogen (secondary N) is 1. The Hall–Kier alpha value is -0.130. The third-order valence-electron chi connectivity index (χ3n) is 3.87. The van der Waals surface area contributed by atoms with Crippen molar-refractivity contribution >= 4 is 9.84 Å². The molecule has 1 fully saturated rings. The molecule has 4 nitrogen and oxygen atoms in total. The Kier molecular flexibility index (Phi) is 5.21. The number of nitrogens with zero attached hydrogens (tertiary/aromatic N) is 1. The van der Waals surface area contributed by atoms with Crippen LogP contribution in [-0.4, -0.2) is 56.5 Å². The van der Waals surface area contributed by atoms with Gasteiger partial charge in [0.05, 0.1) is 5.75 Å². The molecule has 1 heterocycles. The van der Waals surface area contributed by atoms with Crippen LogP contribution >= 0.6 is 0 Å². The van der Waals surface area contributed by atoms with Gasteiger partial charge in [-0.3, -0.25) is 4.90 Å². The molecule has 108 valence electrons. The van der Waals surface area contributed by atoms with E-state index in [2.05, 4.69) is 37.9 Å².